The van der Waals surface area contributed by atoms with E-state index in [1.807, 2.05) is 6.07 Å². The Hall–Kier alpha value is -1.16. The zero-order chi connectivity index (χ0) is 11.1. The molecule has 1 aromatic rings. The molecule has 0 spiro atoms. The van der Waals surface area contributed by atoms with E-state index in [9.17, 15) is 9.18 Å². The Morgan fingerprint density at radius 3 is 2.60 bits per heavy atom. The maximum absolute atomic E-state index is 13.2. The normalized spacial score (nSPS) is 17.5. The number of ether oxygens (including phenoxy) is 1. The highest BCUT2D eigenvalue weighted by molar-refractivity contribution is 6.32. The number of hydrogen-bond acceptors (Lipinski definition) is 2. The molecule has 0 saturated heterocycles. The molecule has 0 unspecified atom stereocenters. The van der Waals surface area contributed by atoms with Crippen molar-refractivity contribution in [3.63, 3.8) is 0 Å². The lowest BCUT2D eigenvalue weighted by Gasteiger charge is -2.13. The van der Waals surface area contributed by atoms with Crippen LogP contribution in [0.3, 0.4) is 0 Å². The molecule has 1 aliphatic carbocycles. The number of hydrogen-bond donors (Lipinski definition) is 0. The van der Waals surface area contributed by atoms with Crippen LogP contribution in [0.5, 0.6) is 0 Å². The highest BCUT2D eigenvalue weighted by atomic mass is 28.1. The van der Waals surface area contributed by atoms with Crippen molar-refractivity contribution in [2.75, 3.05) is 7.11 Å². The number of carbonyl (C=O) groups is 1. The third kappa shape index (κ3) is 1.69. The monoisotopic (exact) mass is 224 g/mol. The lowest BCUT2D eigenvalue weighted by molar-refractivity contribution is -0.143. The van der Waals surface area contributed by atoms with Gasteiger partial charge in [-0.25, -0.2) is 4.39 Å². The molecule has 0 aromatic heterocycles. The minimum absolute atomic E-state index is 0.242. The summed E-state index contributed by atoms with van der Waals surface area (Å²) in [6.45, 7) is 0. The van der Waals surface area contributed by atoms with E-state index in [1.165, 1.54) is 19.2 Å². The van der Waals surface area contributed by atoms with E-state index >= 15 is 0 Å². The summed E-state index contributed by atoms with van der Waals surface area (Å²) in [4.78, 5) is 11.6. The number of halogens is 1. The van der Waals surface area contributed by atoms with Crippen molar-refractivity contribution in [1.82, 2.24) is 0 Å². The van der Waals surface area contributed by atoms with Crippen molar-refractivity contribution in [2.45, 2.75) is 18.3 Å². The Kier molecular flexibility index (Phi) is 2.38. The maximum atomic E-state index is 13.2. The molecule has 1 saturated carbocycles. The van der Waals surface area contributed by atoms with Crippen molar-refractivity contribution in [1.29, 1.82) is 0 Å². The lowest BCUT2D eigenvalue weighted by Crippen LogP contribution is -2.23. The average molecular weight is 224 g/mol. The van der Waals surface area contributed by atoms with Gasteiger partial charge in [-0.15, -0.1) is 0 Å². The van der Waals surface area contributed by atoms with Crippen LogP contribution in [0.25, 0.3) is 0 Å². The van der Waals surface area contributed by atoms with Crippen molar-refractivity contribution in [2.24, 2.45) is 0 Å². The molecular formula is C11H13FO2Si. The molecule has 80 valence electrons. The molecular weight excluding hydrogens is 211 g/mol. The van der Waals surface area contributed by atoms with Crippen LogP contribution in [0.2, 0.25) is 0 Å². The van der Waals surface area contributed by atoms with Crippen LogP contribution < -0.4 is 5.19 Å². The Morgan fingerprint density at radius 1 is 1.47 bits per heavy atom. The van der Waals surface area contributed by atoms with Gasteiger partial charge in [-0.1, -0.05) is 11.3 Å². The molecule has 0 amide bonds. The van der Waals surface area contributed by atoms with Gasteiger partial charge in [0.05, 0.1) is 12.5 Å². The predicted molar refractivity (Wildman–Crippen MR) is 58.9 cm³/mol. The van der Waals surface area contributed by atoms with Gasteiger partial charge in [-0.05, 0) is 30.5 Å². The molecule has 1 aliphatic rings. The largest absolute Gasteiger partial charge is 0.468 e. The molecule has 15 heavy (non-hydrogen) atoms. The van der Waals surface area contributed by atoms with Crippen molar-refractivity contribution >= 4 is 21.4 Å². The van der Waals surface area contributed by atoms with E-state index in [0.717, 1.165) is 33.8 Å². The fourth-order valence-electron chi connectivity index (χ4n) is 1.94. The second-order valence-corrected chi connectivity index (χ2v) is 5.25. The van der Waals surface area contributed by atoms with Crippen LogP contribution in [-0.4, -0.2) is 23.3 Å². The summed E-state index contributed by atoms with van der Waals surface area (Å²) in [6.07, 6.45) is 1.54. The molecule has 2 rings (SSSR count). The second-order valence-electron chi connectivity index (χ2n) is 4.09. The Bertz CT molecular complexity index is 393. The highest BCUT2D eigenvalue weighted by Crippen LogP contribution is 2.48. The van der Waals surface area contributed by atoms with Gasteiger partial charge in [0, 0.05) is 10.2 Å². The van der Waals surface area contributed by atoms with E-state index in [0.29, 0.717) is 0 Å². The first-order valence-electron chi connectivity index (χ1n) is 4.94. The summed E-state index contributed by atoms with van der Waals surface area (Å²) in [5.41, 5.74) is 0.232. The van der Waals surface area contributed by atoms with Crippen LogP contribution in [0.1, 0.15) is 18.4 Å². The van der Waals surface area contributed by atoms with Gasteiger partial charge in [0.2, 0.25) is 0 Å². The molecule has 0 radical (unpaired) electrons. The summed E-state index contributed by atoms with van der Waals surface area (Å²) >= 11 is 0. The molecule has 0 heterocycles. The third-order valence-corrected chi connectivity index (χ3v) is 3.50. The van der Waals surface area contributed by atoms with Gasteiger partial charge in [-0.3, -0.25) is 4.79 Å². The summed E-state index contributed by atoms with van der Waals surface area (Å²) in [5, 5.41) is 0.972. The predicted octanol–water partition coefficient (Wildman–Crippen LogP) is 0.0210. The van der Waals surface area contributed by atoms with E-state index < -0.39 is 5.41 Å². The fraction of sp³-hybridized carbons (Fsp3) is 0.364. The summed E-state index contributed by atoms with van der Waals surface area (Å²) in [7, 11) is 2.17. The zero-order valence-corrected chi connectivity index (χ0v) is 10.8. The number of esters is 1. The van der Waals surface area contributed by atoms with Crippen LogP contribution in [0.15, 0.2) is 18.2 Å². The quantitative estimate of drug-likeness (QED) is 0.523. The summed E-state index contributed by atoms with van der Waals surface area (Å²) < 4.78 is 18.0. The minimum Gasteiger partial charge on any atom is -0.468 e. The second kappa shape index (κ2) is 3.45. The molecule has 0 bridgehead atoms. The number of rotatable bonds is 2. The van der Waals surface area contributed by atoms with E-state index in [2.05, 4.69) is 0 Å². The third-order valence-electron chi connectivity index (χ3n) is 2.92. The molecule has 1 aromatic carbocycles. The zero-order valence-electron chi connectivity index (χ0n) is 8.84. The van der Waals surface area contributed by atoms with Crippen molar-refractivity contribution in [3.8, 4) is 0 Å². The minimum atomic E-state index is -0.546. The molecule has 0 N–H and O–H groups in total. The number of methoxy groups -OCH3 is 1. The summed E-state index contributed by atoms with van der Waals surface area (Å²) in [5.74, 6) is -0.498. The lowest BCUT2D eigenvalue weighted by atomic mass is 9.96. The molecule has 0 aliphatic heterocycles. The first kappa shape index (κ1) is 10.4. The van der Waals surface area contributed by atoms with Crippen LogP contribution >= 0.6 is 0 Å². The smallest absolute Gasteiger partial charge is 0.316 e. The SMILES string of the molecule is COC(=O)C1(c2cc(F)cc([SiH3])c2)CC1. The number of benzene rings is 1. The van der Waals surface area contributed by atoms with Crippen molar-refractivity contribution in [3.05, 3.63) is 29.6 Å². The molecule has 0 atom stereocenters. The van der Waals surface area contributed by atoms with Gasteiger partial charge < -0.3 is 4.74 Å². The van der Waals surface area contributed by atoms with E-state index in [-0.39, 0.29) is 11.8 Å². The first-order chi connectivity index (χ1) is 7.08. The van der Waals surface area contributed by atoms with E-state index in [4.69, 9.17) is 4.74 Å². The maximum Gasteiger partial charge on any atom is 0.316 e. The van der Waals surface area contributed by atoms with Gasteiger partial charge in [0.15, 0.2) is 0 Å². The van der Waals surface area contributed by atoms with Gasteiger partial charge in [0.1, 0.15) is 5.82 Å². The van der Waals surface area contributed by atoms with Gasteiger partial charge in [0.25, 0.3) is 0 Å². The Labute approximate surface area is 90.9 Å². The van der Waals surface area contributed by atoms with Crippen LogP contribution in [0, 0.1) is 5.82 Å². The number of carbonyl (C=O) groups excluding carboxylic acids is 1. The summed E-state index contributed by atoms with van der Waals surface area (Å²) in [6, 6.07) is 4.88. The molecule has 4 heteroatoms. The topological polar surface area (TPSA) is 26.3 Å². The van der Waals surface area contributed by atoms with Crippen LogP contribution in [0.4, 0.5) is 4.39 Å². The van der Waals surface area contributed by atoms with Crippen LogP contribution in [-0.2, 0) is 14.9 Å². The van der Waals surface area contributed by atoms with E-state index in [1.54, 1.807) is 0 Å². The molecule has 1 fully saturated rings. The fourth-order valence-corrected chi connectivity index (χ4v) is 2.53. The highest BCUT2D eigenvalue weighted by Gasteiger charge is 2.52. The molecule has 2 nitrogen and oxygen atoms in total. The Morgan fingerprint density at radius 2 is 2.13 bits per heavy atom. The standard InChI is InChI=1S/C11H13FO2Si/c1-14-10(13)11(2-3-11)7-4-8(12)6-9(15)5-7/h4-6H,2-3H2,1,15H3. The Balaban J connectivity index is 2.41. The first-order valence-corrected chi connectivity index (χ1v) is 5.94. The average Bonchev–Trinajstić information content (AvgIpc) is 2.96. The van der Waals surface area contributed by atoms with Gasteiger partial charge in [-0.2, -0.15) is 0 Å². The van der Waals surface area contributed by atoms with Crippen molar-refractivity contribution < 1.29 is 13.9 Å². The van der Waals surface area contributed by atoms with Gasteiger partial charge >= 0.3 is 5.97 Å².